The Hall–Kier alpha value is -1.70. The molecule has 3 rings (SSSR count). The van der Waals surface area contributed by atoms with Gasteiger partial charge in [0.05, 0.1) is 5.56 Å². The predicted octanol–water partition coefficient (Wildman–Crippen LogP) is 7.09. The van der Waals surface area contributed by atoms with Crippen molar-refractivity contribution in [1.82, 2.24) is 0 Å². The lowest BCUT2D eigenvalue weighted by Gasteiger charge is -2.10. The van der Waals surface area contributed by atoms with Crippen molar-refractivity contribution in [1.29, 1.82) is 0 Å². The summed E-state index contributed by atoms with van der Waals surface area (Å²) < 4.78 is 50.5. The van der Waals surface area contributed by atoms with Gasteiger partial charge in [0.25, 0.3) is 0 Å². The van der Waals surface area contributed by atoms with Crippen molar-refractivity contribution >= 4 is 32.4 Å². The minimum atomic E-state index is -4.31. The van der Waals surface area contributed by atoms with Gasteiger partial charge in [0.2, 0.25) is 0 Å². The van der Waals surface area contributed by atoms with Crippen LogP contribution < -0.4 is 0 Å². The Balaban J connectivity index is 1.56. The first-order valence-corrected chi connectivity index (χ1v) is 12.6. The number of alkyl halides is 3. The van der Waals surface area contributed by atoms with Crippen molar-refractivity contribution in [3.8, 4) is 0 Å². The quantitative estimate of drug-likeness (QED) is 0.340. The molecule has 0 aromatic heterocycles. The molecule has 0 spiro atoms. The van der Waals surface area contributed by atoms with E-state index < -0.39 is 22.5 Å². The van der Waals surface area contributed by atoms with Crippen molar-refractivity contribution in [2.24, 2.45) is 0 Å². The fourth-order valence-corrected chi connectivity index (χ4v) is 6.35. The first kappa shape index (κ1) is 22.0. The Labute approximate surface area is 179 Å². The van der Waals surface area contributed by atoms with E-state index in [0.717, 1.165) is 33.7 Å². The van der Waals surface area contributed by atoms with Gasteiger partial charge in [0.1, 0.15) is 0 Å². The van der Waals surface area contributed by atoms with E-state index in [4.69, 9.17) is 0 Å². The van der Waals surface area contributed by atoms with Gasteiger partial charge in [-0.3, -0.25) is 4.21 Å². The Morgan fingerprint density at radius 2 is 1.41 bits per heavy atom. The Morgan fingerprint density at radius 3 is 2.10 bits per heavy atom. The van der Waals surface area contributed by atoms with Crippen LogP contribution in [-0.2, 0) is 34.2 Å². The van der Waals surface area contributed by atoms with Crippen LogP contribution in [0.2, 0.25) is 0 Å². The van der Waals surface area contributed by atoms with Crippen LogP contribution in [0.25, 0.3) is 0 Å². The number of rotatable bonds is 8. The van der Waals surface area contributed by atoms with E-state index in [9.17, 15) is 17.4 Å². The molecule has 1 unspecified atom stereocenters. The molecule has 0 aliphatic heterocycles. The predicted molar refractivity (Wildman–Crippen MR) is 117 cm³/mol. The van der Waals surface area contributed by atoms with Crippen LogP contribution in [-0.4, -0.2) is 4.21 Å². The van der Waals surface area contributed by atoms with Gasteiger partial charge < -0.3 is 0 Å². The van der Waals surface area contributed by atoms with Crippen molar-refractivity contribution in [3.05, 3.63) is 101 Å². The van der Waals surface area contributed by atoms with E-state index in [0.29, 0.717) is 17.3 Å². The number of benzene rings is 3. The first-order valence-electron chi connectivity index (χ1n) is 8.84. The molecule has 3 aromatic rings. The molecule has 0 bridgehead atoms. The van der Waals surface area contributed by atoms with E-state index in [1.165, 1.54) is 12.1 Å². The van der Waals surface area contributed by atoms with Crippen LogP contribution in [0.1, 0.15) is 22.3 Å². The summed E-state index contributed by atoms with van der Waals surface area (Å²) in [5.74, 6) is 1.57. The third-order valence-corrected chi connectivity index (χ3v) is 7.80. The van der Waals surface area contributed by atoms with Gasteiger partial charge in [-0.25, -0.2) is 0 Å². The Morgan fingerprint density at radius 1 is 0.759 bits per heavy atom. The summed E-state index contributed by atoms with van der Waals surface area (Å²) in [7, 11) is 2.10. The Kier molecular flexibility index (Phi) is 7.86. The maximum atomic E-state index is 12.6. The van der Waals surface area contributed by atoms with E-state index in [1.807, 2.05) is 54.6 Å². The SMILES string of the molecule is O=S(Cc1ccccc1)Cc1ccccc1SSCc1ccc(C(F)(F)F)cc1. The second-order valence-corrected chi connectivity index (χ2v) is 10.2. The monoisotopic (exact) mass is 452 g/mol. The number of halogens is 3. The number of hydrogen-bond acceptors (Lipinski definition) is 3. The standard InChI is InChI=1S/C22H19F3OS3/c23-22(24,25)20-12-10-17(11-13-20)14-27-28-21-9-5-4-8-19(21)16-29(26)15-18-6-2-1-3-7-18/h1-13H,14-16H2. The van der Waals surface area contributed by atoms with E-state index >= 15 is 0 Å². The molecule has 3 aromatic carbocycles. The highest BCUT2D eigenvalue weighted by atomic mass is 33.1. The highest BCUT2D eigenvalue weighted by Gasteiger charge is 2.29. The van der Waals surface area contributed by atoms with Gasteiger partial charge in [0, 0.05) is 33.0 Å². The fraction of sp³-hybridized carbons (Fsp3) is 0.182. The molecule has 0 aliphatic carbocycles. The maximum Gasteiger partial charge on any atom is 0.416 e. The molecule has 0 amide bonds. The molecule has 0 aliphatic rings. The average Bonchev–Trinajstić information content (AvgIpc) is 2.70. The summed E-state index contributed by atoms with van der Waals surface area (Å²) in [5, 5.41) is 0. The maximum absolute atomic E-state index is 12.6. The molecule has 29 heavy (non-hydrogen) atoms. The number of hydrogen-bond donors (Lipinski definition) is 0. The van der Waals surface area contributed by atoms with E-state index in [-0.39, 0.29) is 0 Å². The molecule has 0 saturated carbocycles. The minimum Gasteiger partial charge on any atom is -0.259 e. The van der Waals surface area contributed by atoms with E-state index in [1.54, 1.807) is 21.6 Å². The summed E-state index contributed by atoms with van der Waals surface area (Å²) in [6, 6.07) is 22.8. The van der Waals surface area contributed by atoms with Crippen LogP contribution in [0.4, 0.5) is 13.2 Å². The molecule has 1 atom stereocenters. The Bertz CT molecular complexity index is 942. The molecule has 7 heteroatoms. The summed E-state index contributed by atoms with van der Waals surface area (Å²) in [5.41, 5.74) is 2.27. The second kappa shape index (κ2) is 10.4. The lowest BCUT2D eigenvalue weighted by atomic mass is 10.1. The summed E-state index contributed by atoms with van der Waals surface area (Å²) in [6.45, 7) is 0. The zero-order chi connectivity index (χ0) is 20.7. The molecule has 0 radical (unpaired) electrons. The van der Waals surface area contributed by atoms with Crippen molar-refractivity contribution in [2.45, 2.75) is 28.3 Å². The van der Waals surface area contributed by atoms with Gasteiger partial charge in [-0.2, -0.15) is 13.2 Å². The zero-order valence-electron chi connectivity index (χ0n) is 15.4. The third-order valence-electron chi connectivity index (χ3n) is 4.12. The largest absolute Gasteiger partial charge is 0.416 e. The summed E-state index contributed by atoms with van der Waals surface area (Å²) in [6.07, 6.45) is -4.31. The smallest absolute Gasteiger partial charge is 0.259 e. The van der Waals surface area contributed by atoms with Crippen LogP contribution in [0.3, 0.4) is 0 Å². The van der Waals surface area contributed by atoms with Gasteiger partial charge in [-0.15, -0.1) is 0 Å². The van der Waals surface area contributed by atoms with Crippen LogP contribution in [0.15, 0.2) is 83.8 Å². The van der Waals surface area contributed by atoms with Gasteiger partial charge >= 0.3 is 6.18 Å². The molecular formula is C22H19F3OS3. The first-order chi connectivity index (χ1) is 13.9. The molecular weight excluding hydrogens is 433 g/mol. The topological polar surface area (TPSA) is 17.1 Å². The molecule has 1 nitrogen and oxygen atoms in total. The molecule has 0 heterocycles. The van der Waals surface area contributed by atoms with Gasteiger partial charge in [-0.05, 0) is 34.9 Å². The van der Waals surface area contributed by atoms with Crippen molar-refractivity contribution in [3.63, 3.8) is 0 Å². The molecule has 0 saturated heterocycles. The second-order valence-electron chi connectivity index (χ2n) is 6.36. The van der Waals surface area contributed by atoms with E-state index in [2.05, 4.69) is 0 Å². The summed E-state index contributed by atoms with van der Waals surface area (Å²) in [4.78, 5) is 1.03. The normalized spacial score (nSPS) is 12.7. The van der Waals surface area contributed by atoms with Crippen molar-refractivity contribution in [2.75, 3.05) is 0 Å². The molecule has 0 fully saturated rings. The highest BCUT2D eigenvalue weighted by molar-refractivity contribution is 8.76. The average molecular weight is 453 g/mol. The lowest BCUT2D eigenvalue weighted by molar-refractivity contribution is -0.137. The van der Waals surface area contributed by atoms with Crippen LogP contribution in [0.5, 0.6) is 0 Å². The molecule has 152 valence electrons. The van der Waals surface area contributed by atoms with Gasteiger partial charge in [0.15, 0.2) is 0 Å². The highest BCUT2D eigenvalue weighted by Crippen LogP contribution is 2.37. The summed E-state index contributed by atoms with van der Waals surface area (Å²) >= 11 is 0. The van der Waals surface area contributed by atoms with Crippen LogP contribution >= 0.6 is 21.6 Å². The van der Waals surface area contributed by atoms with Gasteiger partial charge in [-0.1, -0.05) is 82.3 Å². The molecule has 0 N–H and O–H groups in total. The zero-order valence-corrected chi connectivity index (χ0v) is 17.8. The fourth-order valence-electron chi connectivity index (χ4n) is 2.64. The third kappa shape index (κ3) is 6.94. The van der Waals surface area contributed by atoms with Crippen molar-refractivity contribution < 1.29 is 17.4 Å². The lowest BCUT2D eigenvalue weighted by Crippen LogP contribution is -2.04. The van der Waals surface area contributed by atoms with Crippen LogP contribution in [0, 0.1) is 0 Å². The minimum absolute atomic E-state index is 0.471.